The number of carbonyl (C=O) groups is 1. The lowest BCUT2D eigenvalue weighted by molar-refractivity contribution is -0.122. The molecule has 0 bridgehead atoms. The maximum atomic E-state index is 12.9. The number of benzene rings is 1. The highest BCUT2D eigenvalue weighted by molar-refractivity contribution is 5.86. The second kappa shape index (κ2) is 10.7. The fourth-order valence-corrected chi connectivity index (χ4v) is 2.19. The summed E-state index contributed by atoms with van der Waals surface area (Å²) in [4.78, 5) is 18.1. The number of nitrogens with zero attached hydrogens (tertiary/aromatic N) is 2. The van der Waals surface area contributed by atoms with Crippen molar-refractivity contribution in [2.45, 2.75) is 39.3 Å². The van der Waals surface area contributed by atoms with Crippen molar-refractivity contribution in [2.24, 2.45) is 4.99 Å². The van der Waals surface area contributed by atoms with Gasteiger partial charge in [-0.05, 0) is 52.0 Å². The average molecular weight is 382 g/mol. The van der Waals surface area contributed by atoms with Crippen LogP contribution in [0.5, 0.6) is 5.75 Å². The van der Waals surface area contributed by atoms with Gasteiger partial charge >= 0.3 is 0 Å². The second-order valence-electron chi connectivity index (χ2n) is 7.27. The van der Waals surface area contributed by atoms with Gasteiger partial charge in [0, 0.05) is 19.1 Å². The summed E-state index contributed by atoms with van der Waals surface area (Å²) < 4.78 is 18.3. The summed E-state index contributed by atoms with van der Waals surface area (Å²) >= 11 is 0. The highest BCUT2D eigenvalue weighted by atomic mass is 19.1. The molecule has 0 heterocycles. The van der Waals surface area contributed by atoms with Crippen LogP contribution in [-0.2, 0) is 4.79 Å². The van der Waals surface area contributed by atoms with Gasteiger partial charge in [0.15, 0.2) is 5.96 Å². The lowest BCUT2D eigenvalue weighted by Gasteiger charge is -2.25. The minimum Gasteiger partial charge on any atom is -0.491 e. The Morgan fingerprint density at radius 2 is 1.96 bits per heavy atom. The molecule has 1 aromatic carbocycles. The Kier molecular flexibility index (Phi) is 9.00. The van der Waals surface area contributed by atoms with Crippen LogP contribution in [0.15, 0.2) is 29.3 Å². The number of amides is 1. The molecule has 8 heteroatoms. The molecule has 0 saturated carbocycles. The molecular formula is C19H31FN4O3. The molecule has 1 amide bonds. The molecule has 152 valence electrons. The molecular weight excluding hydrogens is 351 g/mol. The molecule has 0 aliphatic carbocycles. The Morgan fingerprint density at radius 3 is 2.52 bits per heavy atom. The lowest BCUT2D eigenvalue weighted by Crippen LogP contribution is -2.49. The molecule has 0 aromatic heterocycles. The maximum Gasteiger partial charge on any atom is 0.240 e. The van der Waals surface area contributed by atoms with Crippen molar-refractivity contribution < 1.29 is 19.0 Å². The Balaban J connectivity index is 2.55. The predicted molar refractivity (Wildman–Crippen MR) is 104 cm³/mol. The van der Waals surface area contributed by atoms with E-state index in [4.69, 9.17) is 4.74 Å². The van der Waals surface area contributed by atoms with Gasteiger partial charge in [-0.15, -0.1) is 0 Å². The summed E-state index contributed by atoms with van der Waals surface area (Å²) in [6, 6.07) is 5.58. The SMILES string of the molecule is CCNC(=NCC(O)COc1ccc(F)cc1)N(C)CC(=O)NC(C)(C)C. The van der Waals surface area contributed by atoms with Gasteiger partial charge in [-0.25, -0.2) is 4.39 Å². The van der Waals surface area contributed by atoms with Gasteiger partial charge in [0.05, 0.1) is 13.1 Å². The third-order valence-electron chi connectivity index (χ3n) is 3.30. The highest BCUT2D eigenvalue weighted by Gasteiger charge is 2.17. The van der Waals surface area contributed by atoms with Gasteiger partial charge in [-0.1, -0.05) is 0 Å². The number of carbonyl (C=O) groups excluding carboxylic acids is 1. The van der Waals surface area contributed by atoms with Gasteiger partial charge in [0.1, 0.15) is 24.3 Å². The van der Waals surface area contributed by atoms with E-state index in [1.807, 2.05) is 27.7 Å². The number of halogens is 1. The van der Waals surface area contributed by atoms with Crippen molar-refractivity contribution in [2.75, 3.05) is 33.3 Å². The average Bonchev–Trinajstić information content (AvgIpc) is 2.56. The number of hydrogen-bond acceptors (Lipinski definition) is 4. The fourth-order valence-electron chi connectivity index (χ4n) is 2.19. The van der Waals surface area contributed by atoms with Crippen molar-refractivity contribution in [3.63, 3.8) is 0 Å². The monoisotopic (exact) mass is 382 g/mol. The van der Waals surface area contributed by atoms with E-state index in [1.54, 1.807) is 11.9 Å². The van der Waals surface area contributed by atoms with Crippen molar-refractivity contribution >= 4 is 11.9 Å². The van der Waals surface area contributed by atoms with Crippen molar-refractivity contribution in [3.8, 4) is 5.75 Å². The zero-order chi connectivity index (χ0) is 20.4. The molecule has 7 nitrogen and oxygen atoms in total. The summed E-state index contributed by atoms with van der Waals surface area (Å²) in [6.45, 7) is 8.59. The molecule has 1 atom stereocenters. The molecule has 0 aliphatic heterocycles. The molecule has 0 radical (unpaired) electrons. The molecule has 1 rings (SSSR count). The number of guanidine groups is 1. The predicted octanol–water partition coefficient (Wildman–Crippen LogP) is 1.38. The zero-order valence-electron chi connectivity index (χ0n) is 16.8. The van der Waals surface area contributed by atoms with E-state index < -0.39 is 6.10 Å². The number of nitrogens with one attached hydrogen (secondary N) is 2. The molecule has 0 aliphatic rings. The summed E-state index contributed by atoms with van der Waals surface area (Å²) in [5.41, 5.74) is -0.304. The zero-order valence-corrected chi connectivity index (χ0v) is 16.8. The molecule has 3 N–H and O–H groups in total. The Morgan fingerprint density at radius 1 is 1.33 bits per heavy atom. The number of aliphatic hydroxyl groups excluding tert-OH is 1. The number of likely N-dealkylation sites (N-methyl/N-ethyl adjacent to an activating group) is 1. The van der Waals surface area contributed by atoms with Crippen LogP contribution >= 0.6 is 0 Å². The third kappa shape index (κ3) is 9.79. The fraction of sp³-hybridized carbons (Fsp3) is 0.579. The first-order valence-electron chi connectivity index (χ1n) is 8.97. The molecule has 0 spiro atoms. The van der Waals surface area contributed by atoms with Crippen LogP contribution in [0.4, 0.5) is 4.39 Å². The molecule has 27 heavy (non-hydrogen) atoms. The Hall–Kier alpha value is -2.35. The molecule has 0 fully saturated rings. The summed E-state index contributed by atoms with van der Waals surface area (Å²) in [7, 11) is 1.76. The van der Waals surface area contributed by atoms with E-state index >= 15 is 0 Å². The Labute approximate surface area is 160 Å². The number of aliphatic hydroxyl groups is 1. The number of hydrogen-bond donors (Lipinski definition) is 3. The van der Waals surface area contributed by atoms with E-state index in [-0.39, 0.29) is 37.0 Å². The standard InChI is InChI=1S/C19H31FN4O3/c1-6-21-18(24(5)12-17(26)23-19(2,3)4)22-11-15(25)13-27-16-9-7-14(20)8-10-16/h7-10,15,25H,6,11-13H2,1-5H3,(H,21,22)(H,23,26). The van der Waals surface area contributed by atoms with Crippen LogP contribution < -0.4 is 15.4 Å². The van der Waals surface area contributed by atoms with Gasteiger partial charge in [0.25, 0.3) is 0 Å². The van der Waals surface area contributed by atoms with Crippen molar-refractivity contribution in [1.29, 1.82) is 0 Å². The Bertz CT molecular complexity index is 614. The van der Waals surface area contributed by atoms with Crippen LogP contribution in [0.3, 0.4) is 0 Å². The van der Waals surface area contributed by atoms with E-state index in [0.29, 0.717) is 18.3 Å². The third-order valence-corrected chi connectivity index (χ3v) is 3.30. The first-order chi connectivity index (χ1) is 12.6. The summed E-state index contributed by atoms with van der Waals surface area (Å²) in [5.74, 6) is 0.529. The van der Waals surface area contributed by atoms with Crippen LogP contribution in [0, 0.1) is 5.82 Å². The van der Waals surface area contributed by atoms with E-state index in [2.05, 4.69) is 15.6 Å². The van der Waals surface area contributed by atoms with Gasteiger partial charge in [0.2, 0.25) is 5.91 Å². The van der Waals surface area contributed by atoms with Crippen LogP contribution in [0.1, 0.15) is 27.7 Å². The minimum absolute atomic E-state index is 0.0305. The van der Waals surface area contributed by atoms with Crippen LogP contribution in [0.25, 0.3) is 0 Å². The van der Waals surface area contributed by atoms with Crippen LogP contribution in [-0.4, -0.2) is 66.8 Å². The topological polar surface area (TPSA) is 86.2 Å². The first kappa shape index (κ1) is 22.7. The first-order valence-corrected chi connectivity index (χ1v) is 8.97. The van der Waals surface area contributed by atoms with E-state index in [1.165, 1.54) is 24.3 Å². The number of ether oxygens (including phenoxy) is 1. The van der Waals surface area contributed by atoms with Crippen molar-refractivity contribution in [1.82, 2.24) is 15.5 Å². The van der Waals surface area contributed by atoms with Gasteiger partial charge < -0.3 is 25.4 Å². The number of rotatable bonds is 8. The summed E-state index contributed by atoms with van der Waals surface area (Å²) in [5, 5.41) is 16.1. The molecule has 1 unspecified atom stereocenters. The largest absolute Gasteiger partial charge is 0.491 e. The summed E-state index contributed by atoms with van der Waals surface area (Å²) in [6.07, 6.45) is -0.833. The number of aliphatic imine (C=N–C) groups is 1. The second-order valence-corrected chi connectivity index (χ2v) is 7.27. The normalized spacial score (nSPS) is 13.1. The highest BCUT2D eigenvalue weighted by Crippen LogP contribution is 2.11. The quantitative estimate of drug-likeness (QED) is 0.467. The minimum atomic E-state index is -0.833. The van der Waals surface area contributed by atoms with Crippen LogP contribution in [0.2, 0.25) is 0 Å². The van der Waals surface area contributed by atoms with Gasteiger partial charge in [-0.2, -0.15) is 0 Å². The smallest absolute Gasteiger partial charge is 0.240 e. The maximum absolute atomic E-state index is 12.9. The van der Waals surface area contributed by atoms with Crippen molar-refractivity contribution in [3.05, 3.63) is 30.1 Å². The van der Waals surface area contributed by atoms with E-state index in [0.717, 1.165) is 0 Å². The van der Waals surface area contributed by atoms with Gasteiger partial charge in [-0.3, -0.25) is 9.79 Å². The van der Waals surface area contributed by atoms with E-state index in [9.17, 15) is 14.3 Å². The molecule has 1 aromatic rings. The lowest BCUT2D eigenvalue weighted by atomic mass is 10.1. The molecule has 0 saturated heterocycles.